The summed E-state index contributed by atoms with van der Waals surface area (Å²) < 4.78 is 15.7. The van der Waals surface area contributed by atoms with Gasteiger partial charge < -0.3 is 14.2 Å². The van der Waals surface area contributed by atoms with E-state index in [0.29, 0.717) is 5.56 Å². The molecule has 4 rings (SSSR count). The van der Waals surface area contributed by atoms with Crippen LogP contribution in [0.25, 0.3) is 0 Å². The molecule has 3 aromatic carbocycles. The lowest BCUT2D eigenvalue weighted by atomic mass is 9.69. The number of hydrogen-bond acceptors (Lipinski definition) is 5. The number of carbonyl (C=O) groups excluding carboxylic acids is 1. The summed E-state index contributed by atoms with van der Waals surface area (Å²) >= 11 is 0. The molecular weight excluding hydrogens is 414 g/mol. The van der Waals surface area contributed by atoms with Gasteiger partial charge in [0.1, 0.15) is 11.5 Å². The van der Waals surface area contributed by atoms with Crippen LogP contribution in [0.5, 0.6) is 11.5 Å². The summed E-state index contributed by atoms with van der Waals surface area (Å²) in [7, 11) is 4.80. The van der Waals surface area contributed by atoms with Crippen LogP contribution in [0.2, 0.25) is 0 Å². The third-order valence-corrected chi connectivity index (χ3v) is 6.61. The second-order valence-electron chi connectivity index (χ2n) is 8.55. The third kappa shape index (κ3) is 4.88. The van der Waals surface area contributed by atoms with Crippen molar-refractivity contribution in [1.29, 1.82) is 0 Å². The standard InChI is InChI=1S/C28H31NO4/c1-31-25-12-8-23(9-13-25)28(24-10-14-26(32-2)15-11-24)16-5-17-29(20-28)19-21-6-4-7-22(18-21)27(30)33-3/h4,6-15,18H,5,16-17,19-20H2,1-3H3. The van der Waals surface area contributed by atoms with Gasteiger partial charge in [-0.1, -0.05) is 36.4 Å². The van der Waals surface area contributed by atoms with Crippen LogP contribution in [-0.4, -0.2) is 45.3 Å². The van der Waals surface area contributed by atoms with Crippen molar-refractivity contribution < 1.29 is 19.0 Å². The van der Waals surface area contributed by atoms with Crippen LogP contribution < -0.4 is 9.47 Å². The van der Waals surface area contributed by atoms with Crippen LogP contribution in [-0.2, 0) is 16.7 Å². The molecule has 3 aromatic rings. The van der Waals surface area contributed by atoms with Gasteiger partial charge in [0, 0.05) is 18.5 Å². The number of benzene rings is 3. The zero-order valence-corrected chi connectivity index (χ0v) is 19.5. The number of likely N-dealkylation sites (tertiary alicyclic amines) is 1. The number of methoxy groups -OCH3 is 3. The Morgan fingerprint density at radius 3 is 2.03 bits per heavy atom. The van der Waals surface area contributed by atoms with Gasteiger partial charge in [0.05, 0.1) is 26.9 Å². The summed E-state index contributed by atoms with van der Waals surface area (Å²) in [5.74, 6) is 1.41. The number of piperidine rings is 1. The maximum absolute atomic E-state index is 12.0. The molecule has 0 aliphatic carbocycles. The van der Waals surface area contributed by atoms with Gasteiger partial charge in [-0.15, -0.1) is 0 Å². The summed E-state index contributed by atoms with van der Waals surface area (Å²) in [6, 6.07) is 24.6. The summed E-state index contributed by atoms with van der Waals surface area (Å²) in [6.07, 6.45) is 2.14. The molecule has 0 N–H and O–H groups in total. The second-order valence-corrected chi connectivity index (χ2v) is 8.55. The molecule has 0 amide bonds. The first-order valence-corrected chi connectivity index (χ1v) is 11.3. The minimum atomic E-state index is -0.304. The van der Waals surface area contributed by atoms with Gasteiger partial charge in [-0.2, -0.15) is 0 Å². The lowest BCUT2D eigenvalue weighted by Gasteiger charge is -2.44. The minimum Gasteiger partial charge on any atom is -0.497 e. The molecule has 1 aliphatic heterocycles. The minimum absolute atomic E-state index is 0.142. The second kappa shape index (κ2) is 10.1. The van der Waals surface area contributed by atoms with Crippen molar-refractivity contribution >= 4 is 5.97 Å². The van der Waals surface area contributed by atoms with E-state index in [2.05, 4.69) is 35.2 Å². The van der Waals surface area contributed by atoms with E-state index in [1.54, 1.807) is 20.3 Å². The summed E-state index contributed by atoms with van der Waals surface area (Å²) in [6.45, 7) is 2.67. The van der Waals surface area contributed by atoms with Crippen LogP contribution in [0.3, 0.4) is 0 Å². The van der Waals surface area contributed by atoms with E-state index in [1.165, 1.54) is 18.2 Å². The Labute approximate surface area is 195 Å². The lowest BCUT2D eigenvalue weighted by Crippen LogP contribution is -2.46. The fourth-order valence-electron chi connectivity index (χ4n) is 4.91. The predicted molar refractivity (Wildman–Crippen MR) is 129 cm³/mol. The van der Waals surface area contributed by atoms with Gasteiger partial charge in [0.15, 0.2) is 0 Å². The smallest absolute Gasteiger partial charge is 0.337 e. The molecule has 5 heteroatoms. The molecule has 0 radical (unpaired) electrons. The van der Waals surface area contributed by atoms with Gasteiger partial charge in [-0.05, 0) is 72.5 Å². The van der Waals surface area contributed by atoms with E-state index in [0.717, 1.165) is 49.5 Å². The van der Waals surface area contributed by atoms with E-state index < -0.39 is 0 Å². The molecule has 0 unspecified atom stereocenters. The Balaban J connectivity index is 1.67. The van der Waals surface area contributed by atoms with E-state index in [9.17, 15) is 4.79 Å². The molecule has 0 atom stereocenters. The molecule has 0 spiro atoms. The number of esters is 1. The fourth-order valence-corrected chi connectivity index (χ4v) is 4.91. The normalized spacial score (nSPS) is 15.6. The highest BCUT2D eigenvalue weighted by Gasteiger charge is 2.38. The molecular formula is C28H31NO4. The Bertz CT molecular complexity index is 1030. The third-order valence-electron chi connectivity index (χ3n) is 6.61. The maximum Gasteiger partial charge on any atom is 0.337 e. The molecule has 1 heterocycles. The van der Waals surface area contributed by atoms with Crippen molar-refractivity contribution in [3.8, 4) is 11.5 Å². The van der Waals surface area contributed by atoms with E-state index in [1.807, 2.05) is 36.4 Å². The topological polar surface area (TPSA) is 48.0 Å². The van der Waals surface area contributed by atoms with Crippen LogP contribution in [0.15, 0.2) is 72.8 Å². The Hall–Kier alpha value is -3.31. The quantitative estimate of drug-likeness (QED) is 0.475. The van der Waals surface area contributed by atoms with Crippen LogP contribution in [0, 0.1) is 0 Å². The number of rotatable bonds is 7. The average molecular weight is 446 g/mol. The van der Waals surface area contributed by atoms with Crippen LogP contribution >= 0.6 is 0 Å². The summed E-state index contributed by atoms with van der Waals surface area (Å²) in [4.78, 5) is 14.5. The largest absolute Gasteiger partial charge is 0.497 e. The van der Waals surface area contributed by atoms with Crippen molar-refractivity contribution in [2.75, 3.05) is 34.4 Å². The molecule has 1 aliphatic rings. The van der Waals surface area contributed by atoms with E-state index >= 15 is 0 Å². The van der Waals surface area contributed by atoms with Crippen molar-refractivity contribution in [2.24, 2.45) is 0 Å². The molecule has 0 saturated carbocycles. The van der Waals surface area contributed by atoms with Crippen molar-refractivity contribution in [2.45, 2.75) is 24.8 Å². The first-order valence-electron chi connectivity index (χ1n) is 11.3. The average Bonchev–Trinajstić information content (AvgIpc) is 2.88. The Morgan fingerprint density at radius 2 is 1.48 bits per heavy atom. The van der Waals surface area contributed by atoms with E-state index in [4.69, 9.17) is 14.2 Å². The lowest BCUT2D eigenvalue weighted by molar-refractivity contribution is 0.0600. The molecule has 5 nitrogen and oxygen atoms in total. The Morgan fingerprint density at radius 1 is 0.879 bits per heavy atom. The maximum atomic E-state index is 12.0. The highest BCUT2D eigenvalue weighted by molar-refractivity contribution is 5.89. The van der Waals surface area contributed by atoms with Crippen LogP contribution in [0.4, 0.5) is 0 Å². The SMILES string of the molecule is COC(=O)c1cccc(CN2CCCC(c3ccc(OC)cc3)(c3ccc(OC)cc3)C2)c1. The zero-order valence-electron chi connectivity index (χ0n) is 19.5. The van der Waals surface area contributed by atoms with Crippen molar-refractivity contribution in [3.05, 3.63) is 95.1 Å². The number of nitrogens with zero attached hydrogens (tertiary/aromatic N) is 1. The Kier molecular flexibility index (Phi) is 6.99. The van der Waals surface area contributed by atoms with E-state index in [-0.39, 0.29) is 11.4 Å². The molecule has 1 fully saturated rings. The van der Waals surface area contributed by atoms with Gasteiger partial charge in [0.25, 0.3) is 0 Å². The number of ether oxygens (including phenoxy) is 3. The highest BCUT2D eigenvalue weighted by Crippen LogP contribution is 2.41. The summed E-state index contributed by atoms with van der Waals surface area (Å²) in [5.41, 5.74) is 4.11. The molecule has 1 saturated heterocycles. The van der Waals surface area contributed by atoms with Gasteiger partial charge in [-0.3, -0.25) is 4.90 Å². The van der Waals surface area contributed by atoms with Gasteiger partial charge in [-0.25, -0.2) is 4.79 Å². The van der Waals surface area contributed by atoms with Crippen molar-refractivity contribution in [1.82, 2.24) is 4.90 Å². The first-order chi connectivity index (χ1) is 16.1. The van der Waals surface area contributed by atoms with Crippen molar-refractivity contribution in [3.63, 3.8) is 0 Å². The fraction of sp³-hybridized carbons (Fsp3) is 0.321. The molecule has 172 valence electrons. The van der Waals surface area contributed by atoms with Crippen LogP contribution in [0.1, 0.15) is 39.9 Å². The number of hydrogen-bond donors (Lipinski definition) is 0. The van der Waals surface area contributed by atoms with Gasteiger partial charge in [0.2, 0.25) is 0 Å². The predicted octanol–water partition coefficient (Wildman–Crippen LogP) is 5.07. The molecule has 0 aromatic heterocycles. The zero-order chi connectivity index (χ0) is 23.3. The number of carbonyl (C=O) groups is 1. The molecule has 33 heavy (non-hydrogen) atoms. The summed E-state index contributed by atoms with van der Waals surface area (Å²) in [5, 5.41) is 0. The monoisotopic (exact) mass is 445 g/mol. The highest BCUT2D eigenvalue weighted by atomic mass is 16.5. The van der Waals surface area contributed by atoms with Gasteiger partial charge >= 0.3 is 5.97 Å². The molecule has 0 bridgehead atoms. The first kappa shape index (κ1) is 22.9.